The summed E-state index contributed by atoms with van der Waals surface area (Å²) in [6.45, 7) is 7.04. The molecule has 2 aliphatic heterocycles. The second-order valence-electron chi connectivity index (χ2n) is 10.2. The predicted molar refractivity (Wildman–Crippen MR) is 149 cm³/mol. The number of nitrogens with zero attached hydrogens (tertiary/aromatic N) is 1. The molecule has 0 aliphatic carbocycles. The minimum Gasteiger partial charge on any atom is -0.507 e. The number of Topliss-reactive ketones (excluding diaryl/α,β-unsaturated/α-hetero) is 1. The zero-order valence-electron chi connectivity index (χ0n) is 23.1. The van der Waals surface area contributed by atoms with Crippen LogP contribution in [0.15, 0.2) is 64.8 Å². The molecule has 0 spiro atoms. The lowest BCUT2D eigenvalue weighted by Crippen LogP contribution is -2.29. The summed E-state index contributed by atoms with van der Waals surface area (Å²) >= 11 is 0. The van der Waals surface area contributed by atoms with E-state index in [2.05, 4.69) is 6.92 Å². The van der Waals surface area contributed by atoms with Gasteiger partial charge in [0.1, 0.15) is 23.4 Å². The molecule has 0 saturated carbocycles. The minimum absolute atomic E-state index is 0.0162. The van der Waals surface area contributed by atoms with Gasteiger partial charge in [-0.05, 0) is 73.9 Å². The van der Waals surface area contributed by atoms with E-state index in [0.717, 1.165) is 30.6 Å². The van der Waals surface area contributed by atoms with Crippen molar-refractivity contribution < 1.29 is 33.3 Å². The predicted octanol–water partition coefficient (Wildman–Crippen LogP) is 6.19. The van der Waals surface area contributed by atoms with Crippen LogP contribution in [-0.4, -0.2) is 41.0 Å². The fraction of sp³-hybridized carbons (Fsp3) is 0.375. The smallest absolute Gasteiger partial charge is 0.296 e. The molecular weight excluding hydrogens is 510 g/mol. The van der Waals surface area contributed by atoms with E-state index in [4.69, 9.17) is 18.6 Å². The Morgan fingerprint density at radius 1 is 1.05 bits per heavy atom. The fourth-order valence-corrected chi connectivity index (χ4v) is 5.30. The van der Waals surface area contributed by atoms with Crippen molar-refractivity contribution in [2.24, 2.45) is 0 Å². The number of hydrogen-bond donors (Lipinski definition) is 1. The third-order valence-electron chi connectivity index (χ3n) is 7.20. The second-order valence-corrected chi connectivity index (χ2v) is 10.2. The molecule has 5 rings (SSSR count). The molecule has 3 heterocycles. The maximum Gasteiger partial charge on any atom is 0.296 e. The first-order valence-electron chi connectivity index (χ1n) is 13.9. The van der Waals surface area contributed by atoms with Gasteiger partial charge in [-0.2, -0.15) is 0 Å². The number of ether oxygens (including phenoxy) is 3. The Morgan fingerprint density at radius 2 is 1.90 bits per heavy atom. The van der Waals surface area contributed by atoms with Crippen LogP contribution in [0.5, 0.6) is 17.2 Å². The van der Waals surface area contributed by atoms with Gasteiger partial charge >= 0.3 is 0 Å². The summed E-state index contributed by atoms with van der Waals surface area (Å²) in [5.41, 5.74) is 2.04. The van der Waals surface area contributed by atoms with E-state index >= 15 is 0 Å². The van der Waals surface area contributed by atoms with Crippen LogP contribution in [-0.2, 0) is 22.6 Å². The number of ketones is 1. The molecule has 8 nitrogen and oxygen atoms in total. The number of carbonyl (C=O) groups excluding carboxylic acids is 2. The molecule has 2 atom stereocenters. The van der Waals surface area contributed by atoms with Crippen LogP contribution in [0.4, 0.5) is 0 Å². The highest BCUT2D eigenvalue weighted by atomic mass is 16.5. The van der Waals surface area contributed by atoms with E-state index in [1.165, 1.54) is 11.2 Å². The van der Waals surface area contributed by atoms with Crippen molar-refractivity contribution in [3.63, 3.8) is 0 Å². The van der Waals surface area contributed by atoms with Gasteiger partial charge < -0.3 is 28.6 Å². The number of amides is 1. The maximum atomic E-state index is 13.5. The minimum atomic E-state index is -0.859. The largest absolute Gasteiger partial charge is 0.507 e. The number of fused-ring (bicyclic) bond motifs is 1. The summed E-state index contributed by atoms with van der Waals surface area (Å²) in [4.78, 5) is 28.3. The van der Waals surface area contributed by atoms with Gasteiger partial charge in [-0.3, -0.25) is 9.59 Å². The summed E-state index contributed by atoms with van der Waals surface area (Å²) in [6, 6.07) is 13.3. The molecule has 210 valence electrons. The Labute approximate surface area is 234 Å². The van der Waals surface area contributed by atoms with E-state index in [9.17, 15) is 14.7 Å². The Balaban J connectivity index is 1.58. The van der Waals surface area contributed by atoms with Gasteiger partial charge in [0.05, 0.1) is 37.6 Å². The summed E-state index contributed by atoms with van der Waals surface area (Å²) < 4.78 is 23.2. The van der Waals surface area contributed by atoms with Gasteiger partial charge in [-0.25, -0.2) is 0 Å². The summed E-state index contributed by atoms with van der Waals surface area (Å²) in [5.74, 6) is 0.703. The molecule has 1 saturated heterocycles. The average Bonchev–Trinajstić information content (AvgIpc) is 3.66. The quantitative estimate of drug-likeness (QED) is 0.133. The van der Waals surface area contributed by atoms with Crippen molar-refractivity contribution in [1.82, 2.24) is 4.90 Å². The van der Waals surface area contributed by atoms with Gasteiger partial charge in [0.2, 0.25) is 0 Å². The number of rotatable bonds is 11. The first-order valence-corrected chi connectivity index (χ1v) is 13.9. The van der Waals surface area contributed by atoms with Gasteiger partial charge in [-0.1, -0.05) is 25.8 Å². The summed E-state index contributed by atoms with van der Waals surface area (Å²) in [5, 5.41) is 11.5. The van der Waals surface area contributed by atoms with Gasteiger partial charge in [0.15, 0.2) is 11.5 Å². The van der Waals surface area contributed by atoms with Crippen molar-refractivity contribution in [3.8, 4) is 17.2 Å². The van der Waals surface area contributed by atoms with E-state index in [-0.39, 0.29) is 24.0 Å². The lowest BCUT2D eigenvalue weighted by molar-refractivity contribution is -0.140. The molecule has 3 aromatic rings. The van der Waals surface area contributed by atoms with E-state index in [1.54, 1.807) is 36.4 Å². The van der Waals surface area contributed by atoms with Crippen molar-refractivity contribution in [3.05, 3.63) is 82.8 Å². The first-order chi connectivity index (χ1) is 19.4. The number of aliphatic hydroxyl groups excluding tert-OH is 1. The lowest BCUT2D eigenvalue weighted by Gasteiger charge is -2.25. The van der Waals surface area contributed by atoms with Crippen molar-refractivity contribution in [1.29, 1.82) is 0 Å². The van der Waals surface area contributed by atoms with Crippen molar-refractivity contribution in [2.75, 3.05) is 13.2 Å². The molecule has 1 aromatic heterocycles. The normalized spacial score (nSPS) is 19.5. The number of carbonyl (C=O) groups is 2. The molecule has 1 N–H and O–H groups in total. The summed E-state index contributed by atoms with van der Waals surface area (Å²) in [6.07, 6.45) is 5.34. The molecule has 40 heavy (non-hydrogen) atoms. The number of aliphatic hydroxyl groups is 1. The zero-order chi connectivity index (χ0) is 28.2. The number of unbranched alkanes of at least 4 members (excludes halogenated alkanes) is 2. The van der Waals surface area contributed by atoms with Crippen LogP contribution in [0.1, 0.15) is 68.5 Å². The number of likely N-dealkylation sites (tertiary alicyclic amines) is 1. The van der Waals surface area contributed by atoms with E-state index < -0.39 is 17.7 Å². The SMILES string of the molecule is CCCCCOc1ccc([C@H]2/C(=C(\O)c3ccc4c(c3)C[C@@H](C)O4)C(=O)C(=O)N2Cc2ccco2)cc1OCC. The molecule has 0 unspecified atom stereocenters. The van der Waals surface area contributed by atoms with Crippen LogP contribution in [0, 0.1) is 0 Å². The van der Waals surface area contributed by atoms with Gasteiger partial charge in [0.25, 0.3) is 11.7 Å². The Hall–Kier alpha value is -4.20. The molecular formula is C32H35NO7. The topological polar surface area (TPSA) is 98.4 Å². The second kappa shape index (κ2) is 11.9. The van der Waals surface area contributed by atoms with Crippen LogP contribution in [0.3, 0.4) is 0 Å². The summed E-state index contributed by atoms with van der Waals surface area (Å²) in [7, 11) is 0. The molecule has 0 bridgehead atoms. The van der Waals surface area contributed by atoms with E-state index in [1.807, 2.05) is 26.0 Å². The van der Waals surface area contributed by atoms with Gasteiger partial charge in [0, 0.05) is 12.0 Å². The van der Waals surface area contributed by atoms with Gasteiger partial charge in [-0.15, -0.1) is 0 Å². The molecule has 1 amide bonds. The van der Waals surface area contributed by atoms with E-state index in [0.29, 0.717) is 48.0 Å². The number of hydrogen-bond acceptors (Lipinski definition) is 7. The molecule has 0 radical (unpaired) electrons. The Bertz CT molecular complexity index is 1410. The van der Waals surface area contributed by atoms with Crippen LogP contribution >= 0.6 is 0 Å². The first kappa shape index (κ1) is 27.4. The number of benzene rings is 2. The molecule has 8 heteroatoms. The average molecular weight is 546 g/mol. The number of furan rings is 1. The monoisotopic (exact) mass is 545 g/mol. The highest BCUT2D eigenvalue weighted by molar-refractivity contribution is 6.46. The third-order valence-corrected chi connectivity index (χ3v) is 7.20. The molecule has 2 aromatic carbocycles. The van der Waals surface area contributed by atoms with Crippen LogP contribution in [0.25, 0.3) is 5.76 Å². The zero-order valence-corrected chi connectivity index (χ0v) is 23.1. The molecule has 1 fully saturated rings. The Kier molecular flexibility index (Phi) is 8.14. The third kappa shape index (κ3) is 5.43. The highest BCUT2D eigenvalue weighted by Gasteiger charge is 2.46. The maximum absolute atomic E-state index is 13.5. The lowest BCUT2D eigenvalue weighted by atomic mass is 9.94. The van der Waals surface area contributed by atoms with Crippen molar-refractivity contribution >= 4 is 17.4 Å². The standard InChI is InChI=1S/C32H35NO7/c1-4-6-7-14-39-26-13-10-21(18-27(26)37-5-2)29-28(31(35)32(36)33(29)19-24-9-8-15-38-24)30(34)22-11-12-25-23(17-22)16-20(3)40-25/h8-13,15,17-18,20,29,34H,4-7,14,16,19H2,1-3H3/b30-28+/t20-,29+/m1/s1. The van der Waals surface area contributed by atoms with Crippen LogP contribution < -0.4 is 14.2 Å². The fourth-order valence-electron chi connectivity index (χ4n) is 5.30. The molecule has 2 aliphatic rings. The highest BCUT2D eigenvalue weighted by Crippen LogP contribution is 2.43. The van der Waals surface area contributed by atoms with Crippen LogP contribution in [0.2, 0.25) is 0 Å². The Morgan fingerprint density at radius 3 is 2.65 bits per heavy atom. The van der Waals surface area contributed by atoms with Crippen molar-refractivity contribution in [2.45, 2.75) is 65.1 Å².